The fourth-order valence-corrected chi connectivity index (χ4v) is 2.30. The molecular formula is C16H18N2O6S. The Balaban J connectivity index is 2.38. The lowest BCUT2D eigenvalue weighted by molar-refractivity contribution is -0.222. The SMILES string of the molecule is COc1cc(NC=C2C(=O)OC(C)(C)OC2=O)c(C(N)=S)cc1OC. The maximum atomic E-state index is 12.0. The lowest BCUT2D eigenvalue weighted by Gasteiger charge is -2.29. The van der Waals surface area contributed by atoms with Gasteiger partial charge in [-0.3, -0.25) is 0 Å². The van der Waals surface area contributed by atoms with Crippen LogP contribution in [0.25, 0.3) is 0 Å². The third kappa shape index (κ3) is 4.00. The lowest BCUT2D eigenvalue weighted by Crippen LogP contribution is -2.42. The number of nitrogens with two attached hydrogens (primary N) is 1. The maximum absolute atomic E-state index is 12.0. The van der Waals surface area contributed by atoms with Crippen LogP contribution in [-0.2, 0) is 19.1 Å². The number of nitrogens with one attached hydrogen (secondary N) is 1. The van der Waals surface area contributed by atoms with Crippen LogP contribution >= 0.6 is 12.2 Å². The monoisotopic (exact) mass is 366 g/mol. The van der Waals surface area contributed by atoms with E-state index in [1.54, 1.807) is 12.1 Å². The van der Waals surface area contributed by atoms with Crippen molar-refractivity contribution in [3.8, 4) is 11.5 Å². The van der Waals surface area contributed by atoms with Crippen LogP contribution in [0.3, 0.4) is 0 Å². The predicted octanol–water partition coefficient (Wildman–Crippen LogP) is 1.47. The van der Waals surface area contributed by atoms with Gasteiger partial charge >= 0.3 is 11.9 Å². The molecular weight excluding hydrogens is 348 g/mol. The first-order valence-electron chi connectivity index (χ1n) is 7.17. The molecule has 2 rings (SSSR count). The lowest BCUT2D eigenvalue weighted by atomic mass is 10.1. The number of thiocarbonyl (C=S) groups is 1. The van der Waals surface area contributed by atoms with E-state index in [1.165, 1.54) is 34.3 Å². The number of esters is 2. The summed E-state index contributed by atoms with van der Waals surface area (Å²) in [4.78, 5) is 24.0. The van der Waals surface area contributed by atoms with Crippen molar-refractivity contribution >= 4 is 34.8 Å². The number of hydrogen-bond acceptors (Lipinski definition) is 8. The van der Waals surface area contributed by atoms with Crippen molar-refractivity contribution in [2.45, 2.75) is 19.6 Å². The normalized spacial score (nSPS) is 15.8. The number of methoxy groups -OCH3 is 2. The van der Waals surface area contributed by atoms with E-state index < -0.39 is 17.7 Å². The number of anilines is 1. The Hall–Kier alpha value is -2.81. The highest BCUT2D eigenvalue weighted by Crippen LogP contribution is 2.33. The molecule has 0 atom stereocenters. The minimum absolute atomic E-state index is 0.0942. The number of hydrogen-bond donors (Lipinski definition) is 2. The van der Waals surface area contributed by atoms with Crippen molar-refractivity contribution in [1.29, 1.82) is 0 Å². The highest BCUT2D eigenvalue weighted by Gasteiger charge is 2.39. The highest BCUT2D eigenvalue weighted by atomic mass is 32.1. The Bertz CT molecular complexity index is 750. The zero-order chi connectivity index (χ0) is 18.8. The quantitative estimate of drug-likeness (QED) is 0.346. The van der Waals surface area contributed by atoms with Crippen LogP contribution in [-0.4, -0.2) is 36.9 Å². The molecule has 1 saturated heterocycles. The van der Waals surface area contributed by atoms with Crippen molar-refractivity contribution in [3.63, 3.8) is 0 Å². The van der Waals surface area contributed by atoms with Crippen LogP contribution < -0.4 is 20.5 Å². The summed E-state index contributed by atoms with van der Waals surface area (Å²) < 4.78 is 20.5. The summed E-state index contributed by atoms with van der Waals surface area (Å²) in [5.41, 5.74) is 6.30. The first-order valence-corrected chi connectivity index (χ1v) is 7.58. The molecule has 0 aliphatic carbocycles. The number of carbonyl (C=O) groups excluding carboxylic acids is 2. The molecule has 9 heteroatoms. The number of cyclic esters (lactones) is 2. The van der Waals surface area contributed by atoms with E-state index in [9.17, 15) is 9.59 Å². The minimum atomic E-state index is -1.31. The predicted molar refractivity (Wildman–Crippen MR) is 93.4 cm³/mol. The van der Waals surface area contributed by atoms with Gasteiger partial charge < -0.3 is 30.0 Å². The summed E-state index contributed by atoms with van der Waals surface area (Å²) in [6.45, 7) is 2.93. The molecule has 0 amide bonds. The second-order valence-corrected chi connectivity index (χ2v) is 5.94. The fraction of sp³-hybridized carbons (Fsp3) is 0.312. The molecule has 1 aliphatic rings. The molecule has 0 spiro atoms. The molecule has 1 aromatic carbocycles. The van der Waals surface area contributed by atoms with Gasteiger partial charge in [-0.05, 0) is 6.07 Å². The van der Waals surface area contributed by atoms with E-state index >= 15 is 0 Å². The van der Waals surface area contributed by atoms with Crippen molar-refractivity contribution in [1.82, 2.24) is 0 Å². The molecule has 134 valence electrons. The van der Waals surface area contributed by atoms with Crippen LogP contribution in [0.15, 0.2) is 23.9 Å². The Morgan fingerprint density at radius 1 is 1.16 bits per heavy atom. The van der Waals surface area contributed by atoms with E-state index in [2.05, 4.69) is 5.32 Å². The Labute approximate surface area is 149 Å². The Kier molecular flexibility index (Phi) is 5.17. The van der Waals surface area contributed by atoms with Gasteiger partial charge in [0.15, 0.2) is 17.1 Å². The number of ether oxygens (including phenoxy) is 4. The summed E-state index contributed by atoms with van der Waals surface area (Å²) in [5, 5.41) is 2.81. The first kappa shape index (κ1) is 18.5. The Morgan fingerprint density at radius 3 is 2.16 bits per heavy atom. The van der Waals surface area contributed by atoms with E-state index in [0.29, 0.717) is 22.7 Å². The molecule has 0 aromatic heterocycles. The molecule has 0 unspecified atom stereocenters. The second-order valence-electron chi connectivity index (χ2n) is 5.50. The van der Waals surface area contributed by atoms with Gasteiger partial charge in [0.2, 0.25) is 0 Å². The summed E-state index contributed by atoms with van der Waals surface area (Å²) in [6.07, 6.45) is 1.17. The third-order valence-electron chi connectivity index (χ3n) is 3.28. The van der Waals surface area contributed by atoms with Gasteiger partial charge in [-0.2, -0.15) is 0 Å². The van der Waals surface area contributed by atoms with E-state index in [0.717, 1.165) is 0 Å². The second kappa shape index (κ2) is 6.98. The Morgan fingerprint density at radius 2 is 1.68 bits per heavy atom. The highest BCUT2D eigenvalue weighted by molar-refractivity contribution is 7.80. The maximum Gasteiger partial charge on any atom is 0.350 e. The average molecular weight is 366 g/mol. The zero-order valence-electron chi connectivity index (χ0n) is 14.2. The van der Waals surface area contributed by atoms with Gasteiger partial charge in [0, 0.05) is 31.7 Å². The first-order chi connectivity index (χ1) is 11.7. The van der Waals surface area contributed by atoms with Gasteiger partial charge in [0.25, 0.3) is 5.79 Å². The average Bonchev–Trinajstić information content (AvgIpc) is 2.51. The van der Waals surface area contributed by atoms with E-state index in [4.69, 9.17) is 36.9 Å². The van der Waals surface area contributed by atoms with Crippen molar-refractivity contribution < 1.29 is 28.5 Å². The van der Waals surface area contributed by atoms with Crippen LogP contribution in [0.1, 0.15) is 19.4 Å². The number of rotatable bonds is 5. The molecule has 0 radical (unpaired) electrons. The molecule has 1 fully saturated rings. The van der Waals surface area contributed by atoms with Gasteiger partial charge in [-0.25, -0.2) is 9.59 Å². The molecule has 3 N–H and O–H groups in total. The van der Waals surface area contributed by atoms with E-state index in [-0.39, 0.29) is 10.6 Å². The zero-order valence-corrected chi connectivity index (χ0v) is 15.0. The minimum Gasteiger partial charge on any atom is -0.493 e. The summed E-state index contributed by atoms with van der Waals surface area (Å²) in [6, 6.07) is 3.16. The van der Waals surface area contributed by atoms with E-state index in [1.807, 2.05) is 0 Å². The van der Waals surface area contributed by atoms with Crippen LogP contribution in [0, 0.1) is 0 Å². The standard InChI is InChI=1S/C16H18N2O6S/c1-16(2)23-14(19)9(15(20)24-16)7-18-10-6-12(22-4)11(21-3)5-8(10)13(17)25/h5-7,18H,1-4H3,(H2,17,25). The van der Waals surface area contributed by atoms with Crippen molar-refractivity contribution in [3.05, 3.63) is 29.5 Å². The third-order valence-corrected chi connectivity index (χ3v) is 3.50. The topological polar surface area (TPSA) is 109 Å². The molecule has 8 nitrogen and oxygen atoms in total. The fourth-order valence-electron chi connectivity index (χ4n) is 2.13. The van der Waals surface area contributed by atoms with Gasteiger partial charge in [0.1, 0.15) is 4.99 Å². The molecule has 1 heterocycles. The number of benzene rings is 1. The summed E-state index contributed by atoms with van der Waals surface area (Å²) in [5.74, 6) is -2.06. The van der Waals surface area contributed by atoms with Gasteiger partial charge in [0.05, 0.1) is 19.9 Å². The molecule has 0 saturated carbocycles. The van der Waals surface area contributed by atoms with Crippen LogP contribution in [0.5, 0.6) is 11.5 Å². The largest absolute Gasteiger partial charge is 0.493 e. The smallest absolute Gasteiger partial charge is 0.350 e. The van der Waals surface area contributed by atoms with Gasteiger partial charge in [-0.15, -0.1) is 0 Å². The van der Waals surface area contributed by atoms with Crippen molar-refractivity contribution in [2.24, 2.45) is 5.73 Å². The number of carbonyl (C=O) groups is 2. The molecule has 0 bridgehead atoms. The molecule has 1 aromatic rings. The summed E-state index contributed by atoms with van der Waals surface area (Å²) >= 11 is 5.02. The summed E-state index contributed by atoms with van der Waals surface area (Å²) in [7, 11) is 2.95. The van der Waals surface area contributed by atoms with Crippen molar-refractivity contribution in [2.75, 3.05) is 19.5 Å². The van der Waals surface area contributed by atoms with Crippen LogP contribution in [0.4, 0.5) is 5.69 Å². The molecule has 25 heavy (non-hydrogen) atoms. The molecule has 1 aliphatic heterocycles. The van der Waals surface area contributed by atoms with Gasteiger partial charge in [-0.1, -0.05) is 12.2 Å². The van der Waals surface area contributed by atoms with Crippen LogP contribution in [0.2, 0.25) is 0 Å².